The van der Waals surface area contributed by atoms with Crippen LogP contribution in [0.15, 0.2) is 18.2 Å². The first-order chi connectivity index (χ1) is 9.11. The molecule has 1 fully saturated rings. The van der Waals surface area contributed by atoms with Crippen molar-refractivity contribution in [2.45, 2.75) is 13.8 Å². The van der Waals surface area contributed by atoms with Crippen LogP contribution in [0.4, 0.5) is 5.69 Å². The van der Waals surface area contributed by atoms with Crippen LogP contribution in [0.5, 0.6) is 0 Å². The molecule has 1 aromatic carbocycles. The Balaban J connectivity index is 2.00. The summed E-state index contributed by atoms with van der Waals surface area (Å²) in [6.07, 6.45) is 0.902. The summed E-state index contributed by atoms with van der Waals surface area (Å²) in [6.45, 7) is 7.19. The van der Waals surface area contributed by atoms with Crippen molar-refractivity contribution in [2.75, 3.05) is 31.5 Å². The van der Waals surface area contributed by atoms with E-state index in [9.17, 15) is 4.79 Å². The minimum atomic E-state index is 0.734. The monoisotopic (exact) mass is 277 g/mol. The van der Waals surface area contributed by atoms with Gasteiger partial charge < -0.3 is 15.1 Å². The molecule has 1 aliphatic heterocycles. The highest BCUT2D eigenvalue weighted by Crippen LogP contribution is 2.20. The summed E-state index contributed by atoms with van der Waals surface area (Å²) in [7, 11) is 0. The number of rotatable bonds is 2. The van der Waals surface area contributed by atoms with Gasteiger partial charge in [-0.15, -0.1) is 0 Å². The standard InChI is InChI=1S/C14H19N3OS/c1-11-4-3-5-12(2)13(11)15-14(19)17-8-6-16(10-18)7-9-17/h3-5,10H,6-9H2,1-2H3,(H,15,19). The number of carbonyl (C=O) groups excluding carboxylic acids is 1. The highest BCUT2D eigenvalue weighted by molar-refractivity contribution is 7.80. The smallest absolute Gasteiger partial charge is 0.209 e. The zero-order valence-electron chi connectivity index (χ0n) is 11.3. The number of para-hydroxylation sites is 1. The van der Waals surface area contributed by atoms with Crippen molar-refractivity contribution in [3.63, 3.8) is 0 Å². The van der Waals surface area contributed by atoms with E-state index in [4.69, 9.17) is 12.2 Å². The van der Waals surface area contributed by atoms with Crippen LogP contribution < -0.4 is 5.32 Å². The van der Waals surface area contributed by atoms with Gasteiger partial charge in [-0.2, -0.15) is 0 Å². The Kier molecular flexibility index (Phi) is 4.37. The van der Waals surface area contributed by atoms with Crippen molar-refractivity contribution < 1.29 is 4.79 Å². The number of nitrogens with zero attached hydrogens (tertiary/aromatic N) is 2. The van der Waals surface area contributed by atoms with E-state index >= 15 is 0 Å². The van der Waals surface area contributed by atoms with E-state index in [0.29, 0.717) is 0 Å². The molecule has 0 bridgehead atoms. The SMILES string of the molecule is Cc1cccc(C)c1NC(=S)N1CCN(C=O)CC1. The van der Waals surface area contributed by atoms with Crippen LogP contribution in [-0.2, 0) is 4.79 Å². The van der Waals surface area contributed by atoms with Crippen LogP contribution in [0, 0.1) is 13.8 Å². The van der Waals surface area contributed by atoms with Crippen molar-refractivity contribution in [3.8, 4) is 0 Å². The lowest BCUT2D eigenvalue weighted by Crippen LogP contribution is -2.49. The number of anilines is 1. The Morgan fingerprint density at radius 2 is 1.79 bits per heavy atom. The van der Waals surface area contributed by atoms with E-state index in [1.54, 1.807) is 4.90 Å². The number of amides is 1. The molecular formula is C14H19N3OS. The van der Waals surface area contributed by atoms with Gasteiger partial charge in [0.05, 0.1) is 0 Å². The van der Waals surface area contributed by atoms with Gasteiger partial charge in [0.2, 0.25) is 6.41 Å². The fraction of sp³-hybridized carbons (Fsp3) is 0.429. The largest absolute Gasteiger partial charge is 0.345 e. The molecule has 1 aliphatic rings. The summed E-state index contributed by atoms with van der Waals surface area (Å²) in [5, 5.41) is 4.07. The molecule has 2 rings (SSSR count). The molecule has 0 aromatic heterocycles. The Morgan fingerprint density at radius 1 is 1.21 bits per heavy atom. The Hall–Kier alpha value is -1.62. The molecule has 0 aliphatic carbocycles. The fourth-order valence-corrected chi connectivity index (χ4v) is 2.51. The van der Waals surface area contributed by atoms with Crippen molar-refractivity contribution in [1.29, 1.82) is 0 Å². The number of thiocarbonyl (C=S) groups is 1. The maximum absolute atomic E-state index is 10.7. The van der Waals surface area contributed by atoms with Gasteiger partial charge in [-0.3, -0.25) is 4.79 Å². The summed E-state index contributed by atoms with van der Waals surface area (Å²) < 4.78 is 0. The molecule has 5 heteroatoms. The van der Waals surface area contributed by atoms with Gasteiger partial charge in [0.15, 0.2) is 5.11 Å². The second-order valence-electron chi connectivity index (χ2n) is 4.83. The second-order valence-corrected chi connectivity index (χ2v) is 5.21. The first-order valence-corrected chi connectivity index (χ1v) is 6.84. The lowest BCUT2D eigenvalue weighted by atomic mass is 10.1. The predicted molar refractivity (Wildman–Crippen MR) is 81.3 cm³/mol. The Morgan fingerprint density at radius 3 is 2.32 bits per heavy atom. The minimum absolute atomic E-state index is 0.734. The maximum atomic E-state index is 10.7. The highest BCUT2D eigenvalue weighted by atomic mass is 32.1. The number of nitrogens with one attached hydrogen (secondary N) is 1. The molecule has 0 spiro atoms. The van der Waals surface area contributed by atoms with E-state index in [-0.39, 0.29) is 0 Å². The average molecular weight is 277 g/mol. The van der Waals surface area contributed by atoms with Crippen LogP contribution in [0.25, 0.3) is 0 Å². The number of hydrogen-bond donors (Lipinski definition) is 1. The van der Waals surface area contributed by atoms with Gasteiger partial charge >= 0.3 is 0 Å². The van der Waals surface area contributed by atoms with Gasteiger partial charge in [0.1, 0.15) is 0 Å². The van der Waals surface area contributed by atoms with Gasteiger partial charge in [-0.25, -0.2) is 0 Å². The summed E-state index contributed by atoms with van der Waals surface area (Å²) in [5.74, 6) is 0. The van der Waals surface area contributed by atoms with E-state index in [1.807, 2.05) is 6.07 Å². The van der Waals surface area contributed by atoms with E-state index in [0.717, 1.165) is 43.4 Å². The third kappa shape index (κ3) is 3.23. The second kappa shape index (κ2) is 6.02. The van der Waals surface area contributed by atoms with Gasteiger partial charge in [0, 0.05) is 31.9 Å². The number of carbonyl (C=O) groups is 1. The van der Waals surface area contributed by atoms with Crippen LogP contribution in [-0.4, -0.2) is 47.5 Å². The predicted octanol–water partition coefficient (Wildman–Crippen LogP) is 1.77. The zero-order valence-corrected chi connectivity index (χ0v) is 12.2. The van der Waals surface area contributed by atoms with Crippen LogP contribution in [0.3, 0.4) is 0 Å². The average Bonchev–Trinajstić information content (AvgIpc) is 2.43. The number of aryl methyl sites for hydroxylation is 2. The van der Waals surface area contributed by atoms with Gasteiger partial charge in [-0.05, 0) is 37.2 Å². The van der Waals surface area contributed by atoms with E-state index in [2.05, 4.69) is 36.2 Å². The topological polar surface area (TPSA) is 35.6 Å². The first kappa shape index (κ1) is 13.8. The molecule has 0 atom stereocenters. The quantitative estimate of drug-likeness (QED) is 0.660. The maximum Gasteiger partial charge on any atom is 0.209 e. The third-order valence-electron chi connectivity index (χ3n) is 3.46. The number of piperazine rings is 1. The molecule has 1 aromatic rings. The molecular weight excluding hydrogens is 258 g/mol. The van der Waals surface area contributed by atoms with Gasteiger partial charge in [0.25, 0.3) is 0 Å². The molecule has 1 heterocycles. The summed E-state index contributed by atoms with van der Waals surface area (Å²) in [6, 6.07) is 6.19. The molecule has 1 saturated heterocycles. The third-order valence-corrected chi connectivity index (χ3v) is 3.82. The molecule has 102 valence electrons. The summed E-state index contributed by atoms with van der Waals surface area (Å²) >= 11 is 5.46. The normalized spacial score (nSPS) is 15.3. The summed E-state index contributed by atoms with van der Waals surface area (Å²) in [4.78, 5) is 14.6. The van der Waals surface area contributed by atoms with Gasteiger partial charge in [-0.1, -0.05) is 18.2 Å². The Labute approximate surface area is 119 Å². The molecule has 0 saturated carbocycles. The Bertz CT molecular complexity index is 461. The minimum Gasteiger partial charge on any atom is -0.345 e. The van der Waals surface area contributed by atoms with Crippen molar-refractivity contribution >= 4 is 29.4 Å². The number of benzene rings is 1. The first-order valence-electron chi connectivity index (χ1n) is 6.43. The van der Waals surface area contributed by atoms with Crippen LogP contribution in [0.2, 0.25) is 0 Å². The van der Waals surface area contributed by atoms with E-state index < -0.39 is 0 Å². The van der Waals surface area contributed by atoms with E-state index in [1.165, 1.54) is 11.1 Å². The highest BCUT2D eigenvalue weighted by Gasteiger charge is 2.18. The van der Waals surface area contributed by atoms with Crippen LogP contribution in [0.1, 0.15) is 11.1 Å². The fourth-order valence-electron chi connectivity index (χ4n) is 2.23. The van der Waals surface area contributed by atoms with Crippen molar-refractivity contribution in [1.82, 2.24) is 9.80 Å². The number of hydrogen-bond acceptors (Lipinski definition) is 2. The molecule has 1 amide bonds. The van der Waals surface area contributed by atoms with Crippen molar-refractivity contribution in [2.24, 2.45) is 0 Å². The molecule has 1 N–H and O–H groups in total. The molecule has 4 nitrogen and oxygen atoms in total. The lowest BCUT2D eigenvalue weighted by molar-refractivity contribution is -0.119. The molecule has 0 unspecified atom stereocenters. The summed E-state index contributed by atoms with van der Waals surface area (Å²) in [5.41, 5.74) is 3.47. The lowest BCUT2D eigenvalue weighted by Gasteiger charge is -2.34. The molecule has 19 heavy (non-hydrogen) atoms. The van der Waals surface area contributed by atoms with Crippen LogP contribution >= 0.6 is 12.2 Å². The molecule has 0 radical (unpaired) electrons. The zero-order chi connectivity index (χ0) is 13.8. The van der Waals surface area contributed by atoms with Crippen molar-refractivity contribution in [3.05, 3.63) is 29.3 Å².